The average Bonchev–Trinajstić information content (AvgIpc) is 2.47. The van der Waals surface area contributed by atoms with Crippen LogP contribution in [0, 0.1) is 0 Å². The van der Waals surface area contributed by atoms with Gasteiger partial charge in [0.15, 0.2) is 6.61 Å². The summed E-state index contributed by atoms with van der Waals surface area (Å²) in [5.74, 6) is 0.154. The van der Waals surface area contributed by atoms with Gasteiger partial charge in [0.05, 0.1) is 6.61 Å². The van der Waals surface area contributed by atoms with Crippen LogP contribution in [0.4, 0.5) is 0 Å². The zero-order valence-corrected chi connectivity index (χ0v) is 12.1. The summed E-state index contributed by atoms with van der Waals surface area (Å²) in [5.41, 5.74) is 0.983. The Morgan fingerprint density at radius 3 is 2.50 bits per heavy atom. The first-order valence-electron chi connectivity index (χ1n) is 7.04. The molecule has 110 valence electrons. The lowest BCUT2D eigenvalue weighted by atomic mass is 9.95. The van der Waals surface area contributed by atoms with Crippen LogP contribution in [-0.4, -0.2) is 25.5 Å². The number of hydrogen-bond acceptors (Lipinski definition) is 4. The van der Waals surface area contributed by atoms with E-state index in [2.05, 4.69) is 6.92 Å². The van der Waals surface area contributed by atoms with Crippen molar-refractivity contribution in [3.63, 3.8) is 0 Å². The number of unbranched alkanes of at least 4 members (excludes halogenated alkanes) is 1. The number of ether oxygens (including phenoxy) is 2. The summed E-state index contributed by atoms with van der Waals surface area (Å²) in [7, 11) is 0. The minimum atomic E-state index is -0.384. The number of rotatable bonds is 9. The highest BCUT2D eigenvalue weighted by Crippen LogP contribution is 2.22. The Hall–Kier alpha value is -1.84. The molecule has 0 aliphatic heterocycles. The fourth-order valence-corrected chi connectivity index (χ4v) is 1.89. The predicted octanol–water partition coefficient (Wildman–Crippen LogP) is 3.10. The molecule has 0 bridgehead atoms. The molecule has 4 heteroatoms. The topological polar surface area (TPSA) is 52.6 Å². The maximum absolute atomic E-state index is 11.2. The van der Waals surface area contributed by atoms with Gasteiger partial charge in [-0.2, -0.15) is 0 Å². The molecule has 4 nitrogen and oxygen atoms in total. The summed E-state index contributed by atoms with van der Waals surface area (Å²) in [5, 5.41) is 0. The highest BCUT2D eigenvalue weighted by molar-refractivity contribution is 5.71. The van der Waals surface area contributed by atoms with E-state index in [1.165, 1.54) is 0 Å². The number of carbonyl (C=O) groups is 2. The van der Waals surface area contributed by atoms with Crippen LogP contribution in [0.5, 0.6) is 5.75 Å². The van der Waals surface area contributed by atoms with E-state index in [4.69, 9.17) is 9.47 Å². The molecule has 0 heterocycles. The van der Waals surface area contributed by atoms with Crippen LogP contribution in [-0.2, 0) is 14.3 Å². The van der Waals surface area contributed by atoms with E-state index in [1.807, 2.05) is 12.1 Å². The van der Waals surface area contributed by atoms with Crippen LogP contribution in [0.1, 0.15) is 44.6 Å². The smallest absolute Gasteiger partial charge is 0.344 e. The number of esters is 1. The third-order valence-corrected chi connectivity index (χ3v) is 3.00. The van der Waals surface area contributed by atoms with Crippen molar-refractivity contribution < 1.29 is 19.1 Å². The molecule has 0 aliphatic carbocycles. The van der Waals surface area contributed by atoms with Gasteiger partial charge in [-0.15, -0.1) is 0 Å². The van der Waals surface area contributed by atoms with Crippen LogP contribution in [0.15, 0.2) is 24.3 Å². The number of benzene rings is 1. The summed E-state index contributed by atoms with van der Waals surface area (Å²) < 4.78 is 10.1. The maximum Gasteiger partial charge on any atom is 0.344 e. The van der Waals surface area contributed by atoms with E-state index in [1.54, 1.807) is 19.1 Å². The van der Waals surface area contributed by atoms with Gasteiger partial charge in [-0.05, 0) is 31.0 Å². The lowest BCUT2D eigenvalue weighted by Crippen LogP contribution is -2.14. The molecular weight excluding hydrogens is 256 g/mol. The molecule has 1 aromatic rings. The predicted molar refractivity (Wildman–Crippen MR) is 76.9 cm³/mol. The molecule has 1 unspecified atom stereocenters. The maximum atomic E-state index is 11.2. The Morgan fingerprint density at radius 2 is 1.95 bits per heavy atom. The second-order valence-electron chi connectivity index (χ2n) is 4.55. The van der Waals surface area contributed by atoms with Crippen molar-refractivity contribution in [3.05, 3.63) is 29.8 Å². The van der Waals surface area contributed by atoms with Crippen LogP contribution in [0.25, 0.3) is 0 Å². The van der Waals surface area contributed by atoms with Gasteiger partial charge in [0.25, 0.3) is 0 Å². The van der Waals surface area contributed by atoms with Gasteiger partial charge in [-0.3, -0.25) is 0 Å². The van der Waals surface area contributed by atoms with Crippen LogP contribution < -0.4 is 4.74 Å². The van der Waals surface area contributed by atoms with E-state index in [0.29, 0.717) is 12.4 Å². The second-order valence-corrected chi connectivity index (χ2v) is 4.55. The van der Waals surface area contributed by atoms with Crippen molar-refractivity contribution >= 4 is 12.3 Å². The Balaban J connectivity index is 2.54. The number of aldehydes is 1. The first kappa shape index (κ1) is 16.2. The largest absolute Gasteiger partial charge is 0.482 e. The summed E-state index contributed by atoms with van der Waals surface area (Å²) >= 11 is 0. The molecule has 0 spiro atoms. The normalized spacial score (nSPS) is 11.7. The molecular formula is C16H22O4. The lowest BCUT2D eigenvalue weighted by Gasteiger charge is -2.11. The minimum Gasteiger partial charge on any atom is -0.482 e. The van der Waals surface area contributed by atoms with Gasteiger partial charge in [0.1, 0.15) is 12.0 Å². The third-order valence-electron chi connectivity index (χ3n) is 3.00. The van der Waals surface area contributed by atoms with Gasteiger partial charge >= 0.3 is 5.97 Å². The Labute approximate surface area is 120 Å². The summed E-state index contributed by atoms with van der Waals surface area (Å²) in [6.45, 7) is 4.11. The van der Waals surface area contributed by atoms with E-state index >= 15 is 0 Å². The zero-order valence-electron chi connectivity index (χ0n) is 12.1. The molecule has 0 fully saturated rings. The molecule has 0 radical (unpaired) electrons. The molecule has 1 rings (SSSR count). The molecule has 0 amide bonds. The van der Waals surface area contributed by atoms with Crippen molar-refractivity contribution in [1.29, 1.82) is 0 Å². The van der Waals surface area contributed by atoms with Gasteiger partial charge in [0.2, 0.25) is 0 Å². The minimum absolute atomic E-state index is 0.0611. The zero-order chi connectivity index (χ0) is 14.8. The van der Waals surface area contributed by atoms with Crippen LogP contribution in [0.3, 0.4) is 0 Å². The van der Waals surface area contributed by atoms with E-state index < -0.39 is 0 Å². The second kappa shape index (κ2) is 9.13. The van der Waals surface area contributed by atoms with Gasteiger partial charge < -0.3 is 14.3 Å². The summed E-state index contributed by atoms with van der Waals surface area (Å²) in [4.78, 5) is 22.3. The van der Waals surface area contributed by atoms with Crippen molar-refractivity contribution in [3.8, 4) is 5.75 Å². The van der Waals surface area contributed by atoms with E-state index in [-0.39, 0.29) is 18.5 Å². The summed E-state index contributed by atoms with van der Waals surface area (Å²) in [6.07, 6.45) is 3.96. The standard InChI is InChI=1S/C16H22O4/c1-3-5-6-14(11-17)13-7-9-15(10-8-13)20-12-16(18)19-4-2/h7-11,14H,3-6,12H2,1-2H3. The highest BCUT2D eigenvalue weighted by atomic mass is 16.6. The molecule has 20 heavy (non-hydrogen) atoms. The van der Waals surface area contributed by atoms with Gasteiger partial charge in [-0.1, -0.05) is 31.9 Å². The molecule has 0 saturated carbocycles. The quantitative estimate of drug-likeness (QED) is 0.514. The van der Waals surface area contributed by atoms with E-state index in [9.17, 15) is 9.59 Å². The molecule has 1 atom stereocenters. The number of carbonyl (C=O) groups excluding carboxylic acids is 2. The SMILES string of the molecule is CCCCC(C=O)c1ccc(OCC(=O)OCC)cc1. The summed E-state index contributed by atoms with van der Waals surface area (Å²) in [6, 6.07) is 7.29. The monoisotopic (exact) mass is 278 g/mol. The number of hydrogen-bond donors (Lipinski definition) is 0. The van der Waals surface area contributed by atoms with Crippen molar-refractivity contribution in [2.75, 3.05) is 13.2 Å². The molecule has 0 aliphatic rings. The Morgan fingerprint density at radius 1 is 1.25 bits per heavy atom. The fraction of sp³-hybridized carbons (Fsp3) is 0.500. The van der Waals surface area contributed by atoms with Crippen molar-refractivity contribution in [1.82, 2.24) is 0 Å². The molecule has 0 aromatic heterocycles. The molecule has 0 saturated heterocycles. The molecule has 0 N–H and O–H groups in total. The Bertz CT molecular complexity index is 411. The van der Waals surface area contributed by atoms with Crippen molar-refractivity contribution in [2.45, 2.75) is 39.0 Å². The van der Waals surface area contributed by atoms with Crippen LogP contribution in [0.2, 0.25) is 0 Å². The average molecular weight is 278 g/mol. The first-order chi connectivity index (χ1) is 9.71. The van der Waals surface area contributed by atoms with Gasteiger partial charge in [0, 0.05) is 5.92 Å². The lowest BCUT2D eigenvalue weighted by molar-refractivity contribution is -0.145. The Kier molecular flexibility index (Phi) is 7.40. The third kappa shape index (κ3) is 5.43. The highest BCUT2D eigenvalue weighted by Gasteiger charge is 2.10. The fourth-order valence-electron chi connectivity index (χ4n) is 1.89. The van der Waals surface area contributed by atoms with E-state index in [0.717, 1.165) is 31.1 Å². The first-order valence-corrected chi connectivity index (χ1v) is 7.04. The molecule has 1 aromatic carbocycles. The van der Waals surface area contributed by atoms with Gasteiger partial charge in [-0.25, -0.2) is 4.79 Å². The van der Waals surface area contributed by atoms with Crippen molar-refractivity contribution in [2.24, 2.45) is 0 Å². The van der Waals surface area contributed by atoms with Crippen LogP contribution >= 0.6 is 0 Å².